The fourth-order valence-electron chi connectivity index (χ4n) is 2.46. The molecular weight excluding hydrogens is 266 g/mol. The lowest BCUT2D eigenvalue weighted by atomic mass is 10.0. The third kappa shape index (κ3) is 6.36. The van der Waals surface area contributed by atoms with Crippen LogP contribution in [0.4, 0.5) is 0 Å². The molecule has 0 aromatic heterocycles. The van der Waals surface area contributed by atoms with Crippen molar-refractivity contribution in [2.24, 2.45) is 5.92 Å². The van der Waals surface area contributed by atoms with Crippen LogP contribution >= 0.6 is 0 Å². The molecule has 4 nitrogen and oxygen atoms in total. The number of ether oxygens (including phenoxy) is 2. The third-order valence-electron chi connectivity index (χ3n) is 3.52. The molecule has 1 atom stereocenters. The van der Waals surface area contributed by atoms with Crippen LogP contribution < -0.4 is 14.8 Å². The summed E-state index contributed by atoms with van der Waals surface area (Å²) in [7, 11) is 1.66. The van der Waals surface area contributed by atoms with Crippen LogP contribution in [0.1, 0.15) is 38.7 Å². The molecular formula is C17H29NO3. The molecule has 0 heterocycles. The maximum absolute atomic E-state index is 9.07. The SMILES string of the molecule is CCCC(CCO)CNCc1ccc(OCC)c(OC)c1. The van der Waals surface area contributed by atoms with Crippen LogP contribution in [0.2, 0.25) is 0 Å². The van der Waals surface area contributed by atoms with Crippen molar-refractivity contribution >= 4 is 0 Å². The molecule has 0 aliphatic rings. The topological polar surface area (TPSA) is 50.7 Å². The fraction of sp³-hybridized carbons (Fsp3) is 0.647. The summed E-state index contributed by atoms with van der Waals surface area (Å²) in [6.45, 7) is 6.78. The molecule has 1 unspecified atom stereocenters. The number of rotatable bonds is 11. The van der Waals surface area contributed by atoms with Crippen molar-refractivity contribution in [2.75, 3.05) is 26.9 Å². The largest absolute Gasteiger partial charge is 0.493 e. The highest BCUT2D eigenvalue weighted by Gasteiger charge is 2.08. The number of aliphatic hydroxyl groups excluding tert-OH is 1. The molecule has 0 saturated heterocycles. The normalized spacial score (nSPS) is 12.2. The Kier molecular flexibility index (Phi) is 8.87. The van der Waals surface area contributed by atoms with Gasteiger partial charge >= 0.3 is 0 Å². The zero-order valence-electron chi connectivity index (χ0n) is 13.5. The van der Waals surface area contributed by atoms with Gasteiger partial charge in [0, 0.05) is 13.2 Å². The van der Waals surface area contributed by atoms with Crippen LogP contribution in [0.5, 0.6) is 11.5 Å². The van der Waals surface area contributed by atoms with Crippen molar-refractivity contribution in [1.29, 1.82) is 0 Å². The molecule has 0 bridgehead atoms. The summed E-state index contributed by atoms with van der Waals surface area (Å²) in [5, 5.41) is 12.5. The van der Waals surface area contributed by atoms with Gasteiger partial charge in [0.15, 0.2) is 11.5 Å². The van der Waals surface area contributed by atoms with Crippen LogP contribution in [0.15, 0.2) is 18.2 Å². The monoisotopic (exact) mass is 295 g/mol. The Balaban J connectivity index is 2.51. The van der Waals surface area contributed by atoms with Crippen LogP contribution in [-0.2, 0) is 6.54 Å². The van der Waals surface area contributed by atoms with Gasteiger partial charge in [0.2, 0.25) is 0 Å². The minimum atomic E-state index is 0.267. The van der Waals surface area contributed by atoms with Gasteiger partial charge in [-0.3, -0.25) is 0 Å². The highest BCUT2D eigenvalue weighted by atomic mass is 16.5. The minimum absolute atomic E-state index is 0.267. The summed E-state index contributed by atoms with van der Waals surface area (Å²) in [4.78, 5) is 0. The molecule has 120 valence electrons. The summed E-state index contributed by atoms with van der Waals surface area (Å²) < 4.78 is 10.9. The molecule has 0 amide bonds. The Morgan fingerprint density at radius 2 is 2.00 bits per heavy atom. The molecule has 0 radical (unpaired) electrons. The number of nitrogens with one attached hydrogen (secondary N) is 1. The first kappa shape index (κ1) is 17.8. The Morgan fingerprint density at radius 3 is 2.62 bits per heavy atom. The van der Waals surface area contributed by atoms with Gasteiger partial charge in [0.25, 0.3) is 0 Å². The quantitative estimate of drug-likeness (QED) is 0.659. The van der Waals surface area contributed by atoms with E-state index in [4.69, 9.17) is 14.6 Å². The number of hydrogen-bond donors (Lipinski definition) is 2. The minimum Gasteiger partial charge on any atom is -0.493 e. The fourth-order valence-corrected chi connectivity index (χ4v) is 2.46. The van der Waals surface area contributed by atoms with Gasteiger partial charge in [0.1, 0.15) is 0 Å². The van der Waals surface area contributed by atoms with Crippen molar-refractivity contribution in [1.82, 2.24) is 5.32 Å². The van der Waals surface area contributed by atoms with Gasteiger partial charge in [-0.25, -0.2) is 0 Å². The molecule has 0 saturated carbocycles. The first-order valence-corrected chi connectivity index (χ1v) is 7.86. The number of hydrogen-bond acceptors (Lipinski definition) is 4. The lowest BCUT2D eigenvalue weighted by Gasteiger charge is -2.16. The molecule has 0 spiro atoms. The maximum atomic E-state index is 9.07. The van der Waals surface area contributed by atoms with Crippen molar-refractivity contribution in [2.45, 2.75) is 39.7 Å². The van der Waals surface area contributed by atoms with Crippen LogP contribution in [0.3, 0.4) is 0 Å². The highest BCUT2D eigenvalue weighted by Crippen LogP contribution is 2.28. The Labute approximate surface area is 128 Å². The van der Waals surface area contributed by atoms with Gasteiger partial charge in [-0.15, -0.1) is 0 Å². The van der Waals surface area contributed by atoms with E-state index in [0.717, 1.165) is 43.9 Å². The average molecular weight is 295 g/mol. The molecule has 2 N–H and O–H groups in total. The van der Waals surface area contributed by atoms with E-state index in [1.807, 2.05) is 19.1 Å². The second kappa shape index (κ2) is 10.5. The predicted octanol–water partition coefficient (Wildman–Crippen LogP) is 2.98. The third-order valence-corrected chi connectivity index (χ3v) is 3.52. The van der Waals surface area contributed by atoms with Gasteiger partial charge in [-0.05, 0) is 49.9 Å². The number of benzene rings is 1. The van der Waals surface area contributed by atoms with Gasteiger partial charge in [-0.2, -0.15) is 0 Å². The van der Waals surface area contributed by atoms with E-state index in [0.29, 0.717) is 12.5 Å². The second-order valence-electron chi connectivity index (χ2n) is 5.22. The second-order valence-corrected chi connectivity index (χ2v) is 5.22. The first-order valence-electron chi connectivity index (χ1n) is 7.86. The van der Waals surface area contributed by atoms with Gasteiger partial charge in [0.05, 0.1) is 13.7 Å². The summed E-state index contributed by atoms with van der Waals surface area (Å²) in [6, 6.07) is 6.02. The summed E-state index contributed by atoms with van der Waals surface area (Å²) in [6.07, 6.45) is 3.18. The van der Waals surface area contributed by atoms with Crippen molar-refractivity contribution in [3.63, 3.8) is 0 Å². The predicted molar refractivity (Wildman–Crippen MR) is 86.0 cm³/mol. The van der Waals surface area contributed by atoms with Crippen LogP contribution in [-0.4, -0.2) is 32.0 Å². The summed E-state index contributed by atoms with van der Waals surface area (Å²) >= 11 is 0. The van der Waals surface area contributed by atoms with E-state index >= 15 is 0 Å². The number of methoxy groups -OCH3 is 1. The van der Waals surface area contributed by atoms with Crippen molar-refractivity contribution in [3.8, 4) is 11.5 Å². The van der Waals surface area contributed by atoms with Crippen molar-refractivity contribution < 1.29 is 14.6 Å². The Morgan fingerprint density at radius 1 is 1.19 bits per heavy atom. The van der Waals surface area contributed by atoms with E-state index in [9.17, 15) is 0 Å². The lowest BCUT2D eigenvalue weighted by molar-refractivity contribution is 0.248. The van der Waals surface area contributed by atoms with Gasteiger partial charge in [-0.1, -0.05) is 19.4 Å². The highest BCUT2D eigenvalue weighted by molar-refractivity contribution is 5.42. The molecule has 0 aliphatic carbocycles. The Hall–Kier alpha value is -1.26. The maximum Gasteiger partial charge on any atom is 0.161 e. The van der Waals surface area contributed by atoms with E-state index in [2.05, 4.69) is 18.3 Å². The molecule has 4 heteroatoms. The standard InChI is InChI=1S/C17H29NO3/c1-4-6-14(9-10-19)12-18-13-15-7-8-16(21-5-2)17(11-15)20-3/h7-8,11,14,18-19H,4-6,9-10,12-13H2,1-3H3. The van der Waals surface area contributed by atoms with Crippen LogP contribution in [0, 0.1) is 5.92 Å². The van der Waals surface area contributed by atoms with Gasteiger partial charge < -0.3 is 19.9 Å². The molecule has 1 rings (SSSR count). The first-order chi connectivity index (χ1) is 10.2. The summed E-state index contributed by atoms with van der Waals surface area (Å²) in [5.41, 5.74) is 1.18. The molecule has 0 fully saturated rings. The van der Waals surface area contributed by atoms with E-state index < -0.39 is 0 Å². The zero-order chi connectivity index (χ0) is 15.5. The average Bonchev–Trinajstić information content (AvgIpc) is 2.49. The lowest BCUT2D eigenvalue weighted by Crippen LogP contribution is -2.23. The number of aliphatic hydroxyl groups is 1. The van der Waals surface area contributed by atoms with Crippen LogP contribution in [0.25, 0.3) is 0 Å². The van der Waals surface area contributed by atoms with E-state index in [-0.39, 0.29) is 6.61 Å². The van der Waals surface area contributed by atoms with E-state index in [1.54, 1.807) is 7.11 Å². The zero-order valence-corrected chi connectivity index (χ0v) is 13.5. The molecule has 0 aliphatic heterocycles. The van der Waals surface area contributed by atoms with Crippen molar-refractivity contribution in [3.05, 3.63) is 23.8 Å². The molecule has 1 aromatic carbocycles. The smallest absolute Gasteiger partial charge is 0.161 e. The van der Waals surface area contributed by atoms with E-state index in [1.165, 1.54) is 5.56 Å². The summed E-state index contributed by atoms with van der Waals surface area (Å²) in [5.74, 6) is 2.11. The Bertz CT molecular complexity index is 390. The molecule has 1 aromatic rings. The molecule has 21 heavy (non-hydrogen) atoms.